The van der Waals surface area contributed by atoms with E-state index in [9.17, 15) is 29.4 Å². The number of hydrogen-bond acceptors (Lipinski definition) is 6. The number of carbonyl (C=O) groups is 4. The fourth-order valence-electron chi connectivity index (χ4n) is 2.46. The Morgan fingerprint density at radius 3 is 0.941 bits per heavy atom. The Labute approximate surface area is 258 Å². The van der Waals surface area contributed by atoms with Crippen molar-refractivity contribution in [2.75, 3.05) is 13.2 Å². The van der Waals surface area contributed by atoms with Crippen molar-refractivity contribution in [1.29, 1.82) is 0 Å². The van der Waals surface area contributed by atoms with Gasteiger partial charge in [-0.1, -0.05) is 0 Å². The summed E-state index contributed by atoms with van der Waals surface area (Å²) in [4.78, 5) is 48.7. The van der Waals surface area contributed by atoms with Gasteiger partial charge in [0.05, 0.1) is 22.3 Å². The average molecular weight is 989 g/mol. The predicted octanol–water partition coefficient (Wildman–Crippen LogP) is 8.20. The number of hydrogen-bond donors (Lipinski definition) is 2. The Morgan fingerprint density at radius 2 is 0.706 bits per heavy atom. The van der Waals surface area contributed by atoms with E-state index in [0.717, 1.165) is 0 Å². The number of carbonyl (C=O) groups excluding carboxylic acids is 2. The van der Waals surface area contributed by atoms with E-state index in [2.05, 4.69) is 127 Å². The molecule has 0 radical (unpaired) electrons. The number of carboxylic acids is 2. The Kier molecular flexibility index (Phi) is 11.3. The lowest BCUT2D eigenvalue weighted by molar-refractivity contribution is 0.0261. The molecule has 0 amide bonds. The highest BCUT2D eigenvalue weighted by Gasteiger charge is 2.30. The van der Waals surface area contributed by atoms with Gasteiger partial charge in [-0.3, -0.25) is 0 Å². The Hall–Kier alpha value is 0.160. The van der Waals surface area contributed by atoms with Gasteiger partial charge >= 0.3 is 23.9 Å². The molecule has 34 heavy (non-hydrogen) atoms. The SMILES string of the molecule is O=C(O)c1c(Br)c(Br)c(Br)c(Br)c1C(=O)OCCOC(=O)c1c(Br)c(Br)c(Br)c(Br)c1C(=O)O. The summed E-state index contributed by atoms with van der Waals surface area (Å²) in [7, 11) is 0. The first-order chi connectivity index (χ1) is 15.7. The third-order valence-corrected chi connectivity index (χ3v) is 13.5. The van der Waals surface area contributed by atoms with Crippen LogP contribution >= 0.6 is 127 Å². The molecule has 8 nitrogen and oxygen atoms in total. The standard InChI is InChI=1S/C18H6Br8O8/c19-7-3(15(27)28)5(9(21)13(25)11(7)23)17(31)33-1-2-34-18(32)6-4(16(29)30)8(20)12(24)14(26)10(6)22/h1-2H2,(H,27,28)(H,29,30). The van der Waals surface area contributed by atoms with E-state index in [0.29, 0.717) is 17.9 Å². The molecule has 0 atom stereocenters. The van der Waals surface area contributed by atoms with Crippen LogP contribution in [0, 0.1) is 0 Å². The van der Waals surface area contributed by atoms with Crippen LogP contribution in [0.1, 0.15) is 41.4 Å². The van der Waals surface area contributed by atoms with Gasteiger partial charge in [0.2, 0.25) is 0 Å². The maximum absolute atomic E-state index is 12.6. The second-order valence-electron chi connectivity index (χ2n) is 5.89. The van der Waals surface area contributed by atoms with Crippen LogP contribution in [0.15, 0.2) is 35.8 Å². The highest BCUT2D eigenvalue weighted by atomic mass is 79.9. The van der Waals surface area contributed by atoms with Crippen LogP contribution in [0.4, 0.5) is 0 Å². The van der Waals surface area contributed by atoms with E-state index >= 15 is 0 Å². The van der Waals surface area contributed by atoms with Crippen LogP contribution in [-0.2, 0) is 9.47 Å². The third kappa shape index (κ3) is 6.17. The van der Waals surface area contributed by atoms with Crippen molar-refractivity contribution in [3.8, 4) is 0 Å². The van der Waals surface area contributed by atoms with Gasteiger partial charge in [-0.2, -0.15) is 0 Å². The molecule has 0 aliphatic rings. The van der Waals surface area contributed by atoms with Crippen LogP contribution in [-0.4, -0.2) is 47.3 Å². The maximum atomic E-state index is 12.6. The lowest BCUT2D eigenvalue weighted by Crippen LogP contribution is -2.19. The molecule has 2 aromatic carbocycles. The fraction of sp³-hybridized carbons (Fsp3) is 0.111. The van der Waals surface area contributed by atoms with E-state index in [1.165, 1.54) is 0 Å². The summed E-state index contributed by atoms with van der Waals surface area (Å²) in [6.45, 7) is -0.861. The maximum Gasteiger partial charge on any atom is 0.340 e. The summed E-state index contributed by atoms with van der Waals surface area (Å²) < 4.78 is 12.2. The first-order valence-electron chi connectivity index (χ1n) is 8.26. The number of benzene rings is 2. The summed E-state index contributed by atoms with van der Waals surface area (Å²) in [6.07, 6.45) is 0. The van der Waals surface area contributed by atoms with Crippen molar-refractivity contribution in [3.63, 3.8) is 0 Å². The highest BCUT2D eigenvalue weighted by Crippen LogP contribution is 2.43. The number of rotatable bonds is 7. The topological polar surface area (TPSA) is 127 Å². The van der Waals surface area contributed by atoms with Gasteiger partial charge in [-0.25, -0.2) is 19.2 Å². The smallest absolute Gasteiger partial charge is 0.340 e. The molecule has 0 bridgehead atoms. The van der Waals surface area contributed by atoms with Crippen LogP contribution in [0.25, 0.3) is 0 Å². The minimum absolute atomic E-state index is 0.117. The Bertz CT molecular complexity index is 1150. The van der Waals surface area contributed by atoms with Gasteiger partial charge in [-0.05, 0) is 127 Å². The predicted molar refractivity (Wildman–Crippen MR) is 149 cm³/mol. The van der Waals surface area contributed by atoms with E-state index in [4.69, 9.17) is 9.47 Å². The van der Waals surface area contributed by atoms with Crippen molar-refractivity contribution >= 4 is 151 Å². The second kappa shape index (κ2) is 12.6. The number of halogens is 8. The van der Waals surface area contributed by atoms with E-state index in [-0.39, 0.29) is 40.1 Å². The summed E-state index contributed by atoms with van der Waals surface area (Å²) in [5, 5.41) is 19.1. The third-order valence-electron chi connectivity index (χ3n) is 3.92. The van der Waals surface area contributed by atoms with Crippen LogP contribution in [0.2, 0.25) is 0 Å². The molecule has 0 saturated carbocycles. The molecule has 0 unspecified atom stereocenters. The molecule has 0 aliphatic carbocycles. The molecule has 0 heterocycles. The lowest BCUT2D eigenvalue weighted by Gasteiger charge is -2.15. The second-order valence-corrected chi connectivity index (χ2v) is 12.2. The molecule has 16 heteroatoms. The van der Waals surface area contributed by atoms with Gasteiger partial charge in [0.1, 0.15) is 13.2 Å². The molecule has 2 aromatic rings. The zero-order valence-electron chi connectivity index (χ0n) is 15.8. The minimum Gasteiger partial charge on any atom is -0.478 e. The van der Waals surface area contributed by atoms with E-state index in [1.54, 1.807) is 0 Å². The van der Waals surface area contributed by atoms with Gasteiger partial charge in [0.15, 0.2) is 0 Å². The van der Waals surface area contributed by atoms with Crippen molar-refractivity contribution < 1.29 is 38.9 Å². The monoisotopic (exact) mass is 981 g/mol. The number of aromatic carboxylic acids is 2. The molecule has 182 valence electrons. The molecule has 0 saturated heterocycles. The quantitative estimate of drug-likeness (QED) is 0.123. The van der Waals surface area contributed by atoms with Gasteiger partial charge in [0.25, 0.3) is 0 Å². The first kappa shape index (κ1) is 30.4. The minimum atomic E-state index is -1.38. The summed E-state index contributed by atoms with van der Waals surface area (Å²) in [5.41, 5.74) is -1.22. The molecular weight excluding hydrogens is 983 g/mol. The normalized spacial score (nSPS) is 10.7. The van der Waals surface area contributed by atoms with Crippen molar-refractivity contribution in [2.45, 2.75) is 0 Å². The molecule has 2 N–H and O–H groups in total. The first-order valence-corrected chi connectivity index (χ1v) is 14.6. The van der Waals surface area contributed by atoms with Gasteiger partial charge in [0, 0.05) is 35.8 Å². The summed E-state index contributed by atoms with van der Waals surface area (Å²) in [6, 6.07) is 0. The van der Waals surface area contributed by atoms with Gasteiger partial charge < -0.3 is 19.7 Å². The average Bonchev–Trinajstić information content (AvgIpc) is 2.77. The lowest BCUT2D eigenvalue weighted by atomic mass is 10.1. The fourth-order valence-corrected chi connectivity index (χ4v) is 7.36. The molecule has 0 spiro atoms. The highest BCUT2D eigenvalue weighted by molar-refractivity contribution is 9.15. The van der Waals surface area contributed by atoms with Crippen LogP contribution in [0.5, 0.6) is 0 Å². The molecule has 0 aliphatic heterocycles. The number of carboxylic acid groups (broad SMARTS) is 2. The number of ether oxygens (including phenoxy) is 2. The van der Waals surface area contributed by atoms with E-state index < -0.39 is 37.1 Å². The largest absolute Gasteiger partial charge is 0.478 e. The van der Waals surface area contributed by atoms with Crippen molar-refractivity contribution in [2.24, 2.45) is 0 Å². The molecule has 2 rings (SSSR count). The van der Waals surface area contributed by atoms with Gasteiger partial charge in [-0.15, -0.1) is 0 Å². The Morgan fingerprint density at radius 1 is 0.471 bits per heavy atom. The van der Waals surface area contributed by atoms with Crippen LogP contribution in [0.3, 0.4) is 0 Å². The summed E-state index contributed by atoms with van der Waals surface area (Å²) >= 11 is 25.5. The number of esters is 2. The Balaban J connectivity index is 2.23. The summed E-state index contributed by atoms with van der Waals surface area (Å²) in [5.74, 6) is -4.74. The van der Waals surface area contributed by atoms with Crippen molar-refractivity contribution in [3.05, 3.63) is 58.0 Å². The van der Waals surface area contributed by atoms with Crippen LogP contribution < -0.4 is 0 Å². The zero-order valence-corrected chi connectivity index (χ0v) is 28.5. The van der Waals surface area contributed by atoms with E-state index in [1.807, 2.05) is 0 Å². The van der Waals surface area contributed by atoms with Crippen molar-refractivity contribution in [1.82, 2.24) is 0 Å². The molecule has 0 fully saturated rings. The molecular formula is C18H6Br8O8. The molecule has 0 aromatic heterocycles. The zero-order chi connectivity index (χ0) is 26.1.